The Labute approximate surface area is 90.0 Å². The zero-order chi connectivity index (χ0) is 10.9. The summed E-state index contributed by atoms with van der Waals surface area (Å²) in [6.45, 7) is 3.86. The highest BCUT2D eigenvalue weighted by Gasteiger charge is 2.03. The number of ether oxygens (including phenoxy) is 2. The van der Waals surface area contributed by atoms with Gasteiger partial charge >= 0.3 is 0 Å². The summed E-state index contributed by atoms with van der Waals surface area (Å²) in [5.74, 6) is -0.149. The molecular weight excluding hydrogens is 228 g/mol. The van der Waals surface area contributed by atoms with Gasteiger partial charge in [-0.15, -0.1) is 0 Å². The summed E-state index contributed by atoms with van der Waals surface area (Å²) in [6, 6.07) is 0. The van der Waals surface area contributed by atoms with E-state index in [0.717, 1.165) is 19.4 Å². The third-order valence-corrected chi connectivity index (χ3v) is 2.60. The molecule has 0 saturated carbocycles. The lowest BCUT2D eigenvalue weighted by Crippen LogP contribution is -2.10. The van der Waals surface area contributed by atoms with Gasteiger partial charge in [0.25, 0.3) is 0 Å². The minimum absolute atomic E-state index is 0.128. The van der Waals surface area contributed by atoms with Gasteiger partial charge in [-0.25, -0.2) is 8.42 Å². The van der Waals surface area contributed by atoms with Crippen LogP contribution in [-0.2, 0) is 18.5 Å². The Balaban J connectivity index is 3.07. The van der Waals surface area contributed by atoms with E-state index >= 15 is 0 Å². The molecule has 0 aromatic heterocycles. The summed E-state index contributed by atoms with van der Waals surface area (Å²) >= 11 is 0. The Morgan fingerprint density at radius 3 is 2.14 bits per heavy atom. The molecule has 0 saturated heterocycles. The fraction of sp³-hybridized carbons (Fsp3) is 1.00. The summed E-state index contributed by atoms with van der Waals surface area (Å²) in [5, 5.41) is 0. The van der Waals surface area contributed by atoms with Crippen LogP contribution in [-0.4, -0.2) is 40.6 Å². The summed E-state index contributed by atoms with van der Waals surface area (Å²) in [7, 11) is 1.56. The fourth-order valence-electron chi connectivity index (χ4n) is 0.727. The molecular formula is C8H17ClO4S. The smallest absolute Gasteiger partial charge is 0.234 e. The van der Waals surface area contributed by atoms with E-state index < -0.39 is 9.05 Å². The van der Waals surface area contributed by atoms with Gasteiger partial charge in [-0.2, -0.15) is 0 Å². The first kappa shape index (κ1) is 14.2. The lowest BCUT2D eigenvalue weighted by atomic mass is 10.4. The summed E-state index contributed by atoms with van der Waals surface area (Å²) < 4.78 is 31.1. The van der Waals surface area contributed by atoms with Crippen LogP contribution in [0.1, 0.15) is 19.8 Å². The third kappa shape index (κ3) is 12.2. The highest BCUT2D eigenvalue weighted by molar-refractivity contribution is 8.13. The minimum Gasteiger partial charge on any atom is -0.379 e. The van der Waals surface area contributed by atoms with Gasteiger partial charge < -0.3 is 9.47 Å². The first-order chi connectivity index (χ1) is 6.56. The lowest BCUT2D eigenvalue weighted by molar-refractivity contribution is 0.0524. The van der Waals surface area contributed by atoms with E-state index in [1.807, 2.05) is 0 Å². The van der Waals surface area contributed by atoms with Gasteiger partial charge in [-0.3, -0.25) is 0 Å². The minimum atomic E-state index is -3.42. The van der Waals surface area contributed by atoms with Gasteiger partial charge in [0.2, 0.25) is 9.05 Å². The summed E-state index contributed by atoms with van der Waals surface area (Å²) in [5.41, 5.74) is 0. The molecule has 0 aliphatic rings. The van der Waals surface area contributed by atoms with Gasteiger partial charge in [0.15, 0.2) is 0 Å². The lowest BCUT2D eigenvalue weighted by Gasteiger charge is -2.03. The number of halogens is 1. The molecule has 0 aromatic carbocycles. The molecule has 0 fully saturated rings. The zero-order valence-corrected chi connectivity index (χ0v) is 9.94. The molecule has 0 bridgehead atoms. The van der Waals surface area contributed by atoms with E-state index in [1.165, 1.54) is 0 Å². The van der Waals surface area contributed by atoms with Crippen LogP contribution in [0.5, 0.6) is 0 Å². The second-order valence-corrected chi connectivity index (χ2v) is 5.72. The normalized spacial score (nSPS) is 11.9. The van der Waals surface area contributed by atoms with Crippen molar-refractivity contribution in [2.24, 2.45) is 0 Å². The molecule has 14 heavy (non-hydrogen) atoms. The van der Waals surface area contributed by atoms with Crippen LogP contribution in [0, 0.1) is 0 Å². The van der Waals surface area contributed by atoms with Crippen molar-refractivity contribution < 1.29 is 17.9 Å². The monoisotopic (exact) mass is 244 g/mol. The van der Waals surface area contributed by atoms with Crippen LogP contribution in [0.4, 0.5) is 0 Å². The molecule has 0 N–H and O–H groups in total. The molecule has 0 rings (SSSR count). The predicted octanol–water partition coefficient (Wildman–Crippen LogP) is 1.39. The average molecular weight is 245 g/mol. The Hall–Kier alpha value is 0.160. The van der Waals surface area contributed by atoms with Gasteiger partial charge in [0.1, 0.15) is 0 Å². The quantitative estimate of drug-likeness (QED) is 0.454. The van der Waals surface area contributed by atoms with Crippen LogP contribution >= 0.6 is 10.7 Å². The van der Waals surface area contributed by atoms with Crippen molar-refractivity contribution in [3.63, 3.8) is 0 Å². The SMILES string of the molecule is CCCCOCCOCCS(=O)(=O)Cl. The van der Waals surface area contributed by atoms with Crippen molar-refractivity contribution in [2.45, 2.75) is 19.8 Å². The van der Waals surface area contributed by atoms with E-state index in [-0.39, 0.29) is 12.4 Å². The first-order valence-corrected chi connectivity index (χ1v) is 7.12. The van der Waals surface area contributed by atoms with Crippen molar-refractivity contribution in [2.75, 3.05) is 32.2 Å². The van der Waals surface area contributed by atoms with E-state index in [0.29, 0.717) is 13.2 Å². The second-order valence-electron chi connectivity index (χ2n) is 2.82. The standard InChI is InChI=1S/C8H17ClO4S/c1-2-3-4-12-5-6-13-7-8-14(9,10)11/h2-8H2,1H3. The van der Waals surface area contributed by atoms with Crippen molar-refractivity contribution >= 4 is 19.7 Å². The maximum Gasteiger partial charge on any atom is 0.234 e. The van der Waals surface area contributed by atoms with Crippen molar-refractivity contribution in [3.05, 3.63) is 0 Å². The van der Waals surface area contributed by atoms with E-state index in [1.54, 1.807) is 0 Å². The summed E-state index contributed by atoms with van der Waals surface area (Å²) in [4.78, 5) is 0. The van der Waals surface area contributed by atoms with Crippen LogP contribution in [0.15, 0.2) is 0 Å². The maximum atomic E-state index is 10.5. The molecule has 0 aliphatic heterocycles. The van der Waals surface area contributed by atoms with Gasteiger partial charge in [-0.05, 0) is 6.42 Å². The number of hydrogen-bond donors (Lipinski definition) is 0. The third-order valence-electron chi connectivity index (χ3n) is 1.49. The Kier molecular flexibility index (Phi) is 8.56. The molecule has 0 radical (unpaired) electrons. The molecule has 0 unspecified atom stereocenters. The molecule has 86 valence electrons. The maximum absolute atomic E-state index is 10.5. The molecule has 0 aromatic rings. The largest absolute Gasteiger partial charge is 0.379 e. The van der Waals surface area contributed by atoms with Crippen molar-refractivity contribution in [1.29, 1.82) is 0 Å². The zero-order valence-electron chi connectivity index (χ0n) is 8.37. The molecule has 4 nitrogen and oxygen atoms in total. The molecule has 0 aliphatic carbocycles. The summed E-state index contributed by atoms with van der Waals surface area (Å²) in [6.07, 6.45) is 2.14. The van der Waals surface area contributed by atoms with Crippen LogP contribution in [0.2, 0.25) is 0 Å². The van der Waals surface area contributed by atoms with Gasteiger partial charge in [-0.1, -0.05) is 13.3 Å². The Morgan fingerprint density at radius 2 is 1.64 bits per heavy atom. The average Bonchev–Trinajstić information content (AvgIpc) is 2.08. The van der Waals surface area contributed by atoms with E-state index in [2.05, 4.69) is 6.92 Å². The van der Waals surface area contributed by atoms with Crippen molar-refractivity contribution in [3.8, 4) is 0 Å². The van der Waals surface area contributed by atoms with E-state index in [4.69, 9.17) is 20.2 Å². The second kappa shape index (κ2) is 8.47. The Bertz CT molecular complexity index is 215. The Morgan fingerprint density at radius 1 is 1.07 bits per heavy atom. The number of unbranched alkanes of at least 4 members (excludes halogenated alkanes) is 1. The highest BCUT2D eigenvalue weighted by Crippen LogP contribution is 1.95. The molecule has 0 atom stereocenters. The number of hydrogen-bond acceptors (Lipinski definition) is 4. The topological polar surface area (TPSA) is 52.6 Å². The number of rotatable bonds is 9. The van der Waals surface area contributed by atoms with Crippen LogP contribution in [0.25, 0.3) is 0 Å². The van der Waals surface area contributed by atoms with Crippen LogP contribution in [0.3, 0.4) is 0 Å². The van der Waals surface area contributed by atoms with Crippen molar-refractivity contribution in [1.82, 2.24) is 0 Å². The first-order valence-electron chi connectivity index (χ1n) is 4.64. The fourth-order valence-corrected chi connectivity index (χ4v) is 1.23. The molecule has 0 heterocycles. The highest BCUT2D eigenvalue weighted by atomic mass is 35.7. The van der Waals surface area contributed by atoms with E-state index in [9.17, 15) is 8.42 Å². The van der Waals surface area contributed by atoms with Crippen LogP contribution < -0.4 is 0 Å². The van der Waals surface area contributed by atoms with Gasteiger partial charge in [0, 0.05) is 17.3 Å². The van der Waals surface area contributed by atoms with Gasteiger partial charge in [0.05, 0.1) is 25.6 Å². The molecule has 0 amide bonds. The molecule has 0 spiro atoms. The predicted molar refractivity (Wildman–Crippen MR) is 56.2 cm³/mol. The molecule has 6 heteroatoms.